The van der Waals surface area contributed by atoms with E-state index in [1.807, 2.05) is 38.1 Å². The number of aromatic nitrogens is 2. The molecule has 0 saturated carbocycles. The lowest BCUT2D eigenvalue weighted by atomic mass is 10.0. The van der Waals surface area contributed by atoms with Crippen LogP contribution < -0.4 is 20.3 Å². The normalized spacial score (nSPS) is 16.1. The Bertz CT molecular complexity index is 1370. The van der Waals surface area contributed by atoms with E-state index in [1.54, 1.807) is 4.90 Å². The van der Waals surface area contributed by atoms with Gasteiger partial charge in [-0.05, 0) is 49.9 Å². The van der Waals surface area contributed by atoms with E-state index in [9.17, 15) is 27.6 Å². The van der Waals surface area contributed by atoms with Crippen LogP contribution in [0.1, 0.15) is 41.9 Å². The lowest BCUT2D eigenvalue weighted by Gasteiger charge is -2.30. The maximum atomic E-state index is 13.6. The van der Waals surface area contributed by atoms with Gasteiger partial charge in [0.25, 0.3) is 5.91 Å². The summed E-state index contributed by atoms with van der Waals surface area (Å²) in [5.41, 5.74) is 1.65. The second kappa shape index (κ2) is 12.1. The number of nitrogens with zero attached hydrogens (tertiary/aromatic N) is 3. The van der Waals surface area contributed by atoms with E-state index in [1.165, 1.54) is 36.8 Å². The molecule has 1 aromatic heterocycles. The van der Waals surface area contributed by atoms with E-state index < -0.39 is 36.0 Å². The van der Waals surface area contributed by atoms with Crippen molar-refractivity contribution in [1.82, 2.24) is 20.6 Å². The number of hydrogen-bond donors (Lipinski definition) is 2. The summed E-state index contributed by atoms with van der Waals surface area (Å²) >= 11 is 0. The van der Waals surface area contributed by atoms with E-state index in [2.05, 4.69) is 25.3 Å². The Balaban J connectivity index is 1.61. The highest BCUT2D eigenvalue weighted by atomic mass is 19.4. The summed E-state index contributed by atoms with van der Waals surface area (Å²) in [7, 11) is 0. The number of halogens is 3. The van der Waals surface area contributed by atoms with E-state index in [-0.39, 0.29) is 29.6 Å². The van der Waals surface area contributed by atoms with Gasteiger partial charge in [-0.25, -0.2) is 4.98 Å². The lowest BCUT2D eigenvalue weighted by molar-refractivity contribution is -0.274. The Morgan fingerprint density at radius 1 is 1.10 bits per heavy atom. The smallest absolute Gasteiger partial charge is 0.406 e. The first-order chi connectivity index (χ1) is 19.0. The number of carbonyl (C=O) groups excluding carboxylic acids is 3. The van der Waals surface area contributed by atoms with Gasteiger partial charge >= 0.3 is 6.36 Å². The second-order valence-electron chi connectivity index (χ2n) is 9.51. The molecule has 0 spiro atoms. The number of amides is 3. The Morgan fingerprint density at radius 3 is 2.52 bits per heavy atom. The van der Waals surface area contributed by atoms with E-state index >= 15 is 0 Å². The number of carbonyl (C=O) groups is 3. The van der Waals surface area contributed by atoms with Crippen LogP contribution in [0.25, 0.3) is 0 Å². The van der Waals surface area contributed by atoms with Crippen molar-refractivity contribution in [3.8, 4) is 5.75 Å². The number of alkyl halides is 3. The van der Waals surface area contributed by atoms with Gasteiger partial charge < -0.3 is 20.3 Å². The standard InChI is InChI=1S/C28H28F3N5O4/c1-17(2)36-23-9-5-3-7-18(23)11-12-20(27(36)39)34-25(37)21(35-26(38)22-16-32-13-14-33-22)15-19-8-4-6-10-24(19)40-28(29,30)31/h3-10,13-14,16-17,20-21H,11-12,15H2,1-2H3,(H,34,37)(H,35,38)/t20-,21-/m1/s1. The van der Waals surface area contributed by atoms with Crippen LogP contribution in [0.5, 0.6) is 5.75 Å². The van der Waals surface area contributed by atoms with Crippen LogP contribution in [0.15, 0.2) is 67.1 Å². The Kier molecular flexibility index (Phi) is 8.66. The highest BCUT2D eigenvalue weighted by Crippen LogP contribution is 2.29. The van der Waals surface area contributed by atoms with Crippen molar-refractivity contribution in [2.24, 2.45) is 0 Å². The summed E-state index contributed by atoms with van der Waals surface area (Å²) < 4.78 is 43.2. The molecule has 3 aromatic rings. The number of nitrogens with one attached hydrogen (secondary N) is 2. The Labute approximate surface area is 228 Å². The third-order valence-electron chi connectivity index (χ3n) is 6.36. The third kappa shape index (κ3) is 6.93. The molecule has 2 aromatic carbocycles. The third-order valence-corrected chi connectivity index (χ3v) is 6.36. The van der Waals surface area contributed by atoms with Gasteiger partial charge in [0.1, 0.15) is 23.5 Å². The first-order valence-corrected chi connectivity index (χ1v) is 12.7. The molecule has 12 heteroatoms. The maximum absolute atomic E-state index is 13.6. The molecular weight excluding hydrogens is 527 g/mol. The molecule has 40 heavy (non-hydrogen) atoms. The second-order valence-corrected chi connectivity index (χ2v) is 9.51. The molecule has 210 valence electrons. The van der Waals surface area contributed by atoms with Crippen LogP contribution in [-0.2, 0) is 22.4 Å². The van der Waals surface area contributed by atoms with Gasteiger partial charge in [0.2, 0.25) is 11.8 Å². The number of aryl methyl sites for hydroxylation is 1. The zero-order valence-electron chi connectivity index (χ0n) is 21.8. The number of hydrogen-bond acceptors (Lipinski definition) is 6. The van der Waals surface area contributed by atoms with Crippen molar-refractivity contribution in [3.63, 3.8) is 0 Å². The molecule has 2 atom stereocenters. The number of rotatable bonds is 8. The zero-order chi connectivity index (χ0) is 28.9. The van der Waals surface area contributed by atoms with Crippen molar-refractivity contribution in [2.75, 3.05) is 4.90 Å². The predicted octanol–water partition coefficient (Wildman–Crippen LogP) is 3.59. The van der Waals surface area contributed by atoms with Crippen LogP contribution >= 0.6 is 0 Å². The summed E-state index contributed by atoms with van der Waals surface area (Å²) in [6.45, 7) is 3.72. The van der Waals surface area contributed by atoms with Gasteiger partial charge in [0, 0.05) is 30.5 Å². The van der Waals surface area contributed by atoms with Crippen LogP contribution in [0, 0.1) is 0 Å². The summed E-state index contributed by atoms with van der Waals surface area (Å²) in [6.07, 6.45) is -0.658. The minimum atomic E-state index is -4.96. The largest absolute Gasteiger partial charge is 0.573 e. The minimum Gasteiger partial charge on any atom is -0.406 e. The number of para-hydroxylation sites is 2. The minimum absolute atomic E-state index is 0.0304. The fourth-order valence-corrected chi connectivity index (χ4v) is 4.58. The number of fused-ring (bicyclic) bond motifs is 1. The van der Waals surface area contributed by atoms with Crippen molar-refractivity contribution in [3.05, 3.63) is 83.9 Å². The lowest BCUT2D eigenvalue weighted by Crippen LogP contribution is -2.55. The van der Waals surface area contributed by atoms with Crippen LogP contribution in [0.3, 0.4) is 0 Å². The number of ether oxygens (including phenoxy) is 1. The fraction of sp³-hybridized carbons (Fsp3) is 0.321. The van der Waals surface area contributed by atoms with Gasteiger partial charge in [-0.3, -0.25) is 19.4 Å². The average Bonchev–Trinajstić information content (AvgIpc) is 3.05. The van der Waals surface area contributed by atoms with Crippen molar-refractivity contribution in [1.29, 1.82) is 0 Å². The molecule has 2 heterocycles. The van der Waals surface area contributed by atoms with Crippen molar-refractivity contribution >= 4 is 23.4 Å². The van der Waals surface area contributed by atoms with Crippen LogP contribution in [-0.4, -0.2) is 52.2 Å². The Hall–Kier alpha value is -4.48. The SMILES string of the molecule is CC(C)N1C(=O)[C@H](NC(=O)[C@@H](Cc2ccccc2OC(F)(F)F)NC(=O)c2cnccn2)CCc2ccccc21. The molecule has 9 nitrogen and oxygen atoms in total. The summed E-state index contributed by atoms with van der Waals surface area (Å²) in [5.74, 6) is -2.33. The van der Waals surface area contributed by atoms with Gasteiger partial charge in [0.15, 0.2) is 0 Å². The summed E-state index contributed by atoms with van der Waals surface area (Å²) in [4.78, 5) is 49.4. The molecule has 0 unspecified atom stereocenters. The van der Waals surface area contributed by atoms with Gasteiger partial charge in [-0.1, -0.05) is 36.4 Å². The van der Waals surface area contributed by atoms with E-state index in [4.69, 9.17) is 0 Å². The van der Waals surface area contributed by atoms with Gasteiger partial charge in [-0.15, -0.1) is 13.2 Å². The van der Waals surface area contributed by atoms with E-state index in [0.717, 1.165) is 17.3 Å². The van der Waals surface area contributed by atoms with Gasteiger partial charge in [-0.2, -0.15) is 0 Å². The quantitative estimate of drug-likeness (QED) is 0.439. The molecule has 1 aliphatic heterocycles. The van der Waals surface area contributed by atoms with Crippen molar-refractivity contribution in [2.45, 2.75) is 57.6 Å². The molecule has 0 bridgehead atoms. The number of benzene rings is 2. The van der Waals surface area contributed by atoms with Gasteiger partial charge in [0.05, 0.1) is 6.20 Å². The molecule has 2 N–H and O–H groups in total. The number of anilines is 1. The predicted molar refractivity (Wildman–Crippen MR) is 139 cm³/mol. The fourth-order valence-electron chi connectivity index (χ4n) is 4.58. The highest BCUT2D eigenvalue weighted by Gasteiger charge is 2.36. The summed E-state index contributed by atoms with van der Waals surface area (Å²) in [5, 5.41) is 5.26. The first-order valence-electron chi connectivity index (χ1n) is 12.7. The van der Waals surface area contributed by atoms with E-state index in [0.29, 0.717) is 12.8 Å². The molecule has 0 aliphatic carbocycles. The molecule has 0 fully saturated rings. The van der Waals surface area contributed by atoms with Crippen molar-refractivity contribution < 1.29 is 32.3 Å². The highest BCUT2D eigenvalue weighted by molar-refractivity contribution is 6.02. The molecule has 4 rings (SSSR count). The van der Waals surface area contributed by atoms with Crippen LogP contribution in [0.4, 0.5) is 18.9 Å². The molecule has 0 saturated heterocycles. The maximum Gasteiger partial charge on any atom is 0.573 e. The van der Waals surface area contributed by atoms with Crippen LogP contribution in [0.2, 0.25) is 0 Å². The molecule has 0 radical (unpaired) electrons. The molecule has 1 aliphatic rings. The summed E-state index contributed by atoms with van der Waals surface area (Å²) in [6, 6.07) is 10.3. The average molecular weight is 556 g/mol. The zero-order valence-corrected chi connectivity index (χ0v) is 21.8. The Morgan fingerprint density at radius 2 is 1.82 bits per heavy atom. The molecule has 3 amide bonds. The topological polar surface area (TPSA) is 114 Å². The monoisotopic (exact) mass is 555 g/mol. The first kappa shape index (κ1) is 28.5. The molecular formula is C28H28F3N5O4.